The van der Waals surface area contributed by atoms with Crippen LogP contribution in [-0.2, 0) is 32.9 Å². The normalized spacial score (nSPS) is 13.9. The van der Waals surface area contributed by atoms with Crippen LogP contribution in [0.2, 0.25) is 0 Å². The maximum atomic E-state index is 12.6. The molecule has 3 atom stereocenters. The summed E-state index contributed by atoms with van der Waals surface area (Å²) < 4.78 is 33.3. The first-order valence-electron chi connectivity index (χ1n) is 20.5. The molecule has 3 N–H and O–H groups in total. The van der Waals surface area contributed by atoms with Crippen molar-refractivity contribution in [3.05, 3.63) is 0 Å². The molecule has 11 heteroatoms. The minimum atomic E-state index is -4.55. The molecule has 2 unspecified atom stereocenters. The molecule has 0 spiro atoms. The first kappa shape index (κ1) is 49.0. The van der Waals surface area contributed by atoms with Gasteiger partial charge in [0, 0.05) is 12.8 Å². The molecule has 0 heterocycles. The Bertz CT molecular complexity index is 812. The Hall–Kier alpha value is -1.03. The topological polar surface area (TPSA) is 149 Å². The fraction of sp³-hybridized carbons (Fsp3) is 0.949. The predicted octanol–water partition coefficient (Wildman–Crippen LogP) is 9.93. The number of esters is 2. The van der Waals surface area contributed by atoms with Crippen LogP contribution in [0.25, 0.3) is 0 Å². The Labute approximate surface area is 305 Å². The number of carbonyl (C=O) groups excluding carboxylic acids is 2. The highest BCUT2D eigenvalue weighted by atomic mass is 31.2. The van der Waals surface area contributed by atoms with E-state index in [-0.39, 0.29) is 32.7 Å². The molecular formula is C39H77O10P. The number of aliphatic hydroxyl groups is 2. The van der Waals surface area contributed by atoms with E-state index >= 15 is 0 Å². The highest BCUT2D eigenvalue weighted by molar-refractivity contribution is 7.53. The Kier molecular flexibility index (Phi) is 35.6. The summed E-state index contributed by atoms with van der Waals surface area (Å²) in [6, 6.07) is 0. The molecule has 0 aliphatic rings. The van der Waals surface area contributed by atoms with Crippen molar-refractivity contribution in [2.45, 2.75) is 206 Å². The molecule has 0 saturated carbocycles. The van der Waals surface area contributed by atoms with Gasteiger partial charge in [0.15, 0.2) is 11.9 Å². The van der Waals surface area contributed by atoms with Gasteiger partial charge in [0.05, 0.1) is 26.4 Å². The molecule has 0 aromatic carbocycles. The van der Waals surface area contributed by atoms with Crippen molar-refractivity contribution in [1.29, 1.82) is 0 Å². The standard InChI is InChI=1S/C39H77O10P/c1-3-5-7-9-11-13-15-17-19-21-23-25-27-29-37(41)47-33-36(34-48-50(44,45)39(43)35-46-32-31-40)49-38(42)30-28-26-24-22-20-18-16-14-12-10-8-6-4-2/h36,39-40,43H,3-35H2,1-2H3,(H,44,45)/t36-,39?/m1/s1. The van der Waals surface area contributed by atoms with Gasteiger partial charge in [0.1, 0.15) is 6.61 Å². The number of hydrogen-bond donors (Lipinski definition) is 3. The Morgan fingerprint density at radius 2 is 0.940 bits per heavy atom. The highest BCUT2D eigenvalue weighted by Crippen LogP contribution is 2.46. The van der Waals surface area contributed by atoms with Crippen molar-refractivity contribution in [2.24, 2.45) is 0 Å². The zero-order chi connectivity index (χ0) is 37.0. The van der Waals surface area contributed by atoms with Crippen molar-refractivity contribution in [3.8, 4) is 0 Å². The van der Waals surface area contributed by atoms with E-state index in [1.807, 2.05) is 0 Å². The average Bonchev–Trinajstić information content (AvgIpc) is 3.10. The molecule has 0 aromatic heterocycles. The molecule has 0 saturated heterocycles. The van der Waals surface area contributed by atoms with Gasteiger partial charge in [-0.1, -0.05) is 168 Å². The van der Waals surface area contributed by atoms with Crippen molar-refractivity contribution in [3.63, 3.8) is 0 Å². The van der Waals surface area contributed by atoms with Gasteiger partial charge in [-0.05, 0) is 12.8 Å². The first-order chi connectivity index (χ1) is 24.3. The van der Waals surface area contributed by atoms with Crippen LogP contribution in [0.1, 0.15) is 194 Å². The lowest BCUT2D eigenvalue weighted by Gasteiger charge is -2.22. The summed E-state index contributed by atoms with van der Waals surface area (Å²) >= 11 is 0. The molecular weight excluding hydrogens is 659 g/mol. The Morgan fingerprint density at radius 1 is 0.560 bits per heavy atom. The Morgan fingerprint density at radius 3 is 1.34 bits per heavy atom. The van der Waals surface area contributed by atoms with E-state index in [0.29, 0.717) is 12.8 Å². The lowest BCUT2D eigenvalue weighted by atomic mass is 10.0. The molecule has 0 aromatic rings. The summed E-state index contributed by atoms with van der Waals surface area (Å²) in [5, 5.41) is 18.8. The molecule has 10 nitrogen and oxygen atoms in total. The minimum absolute atomic E-state index is 0.105. The zero-order valence-electron chi connectivity index (χ0n) is 32.1. The quantitative estimate of drug-likeness (QED) is 0.0316. The summed E-state index contributed by atoms with van der Waals surface area (Å²) in [5.41, 5.74) is 0. The molecule has 0 aliphatic carbocycles. The van der Waals surface area contributed by atoms with Gasteiger partial charge in [-0.3, -0.25) is 14.2 Å². The van der Waals surface area contributed by atoms with E-state index < -0.39 is 44.7 Å². The maximum Gasteiger partial charge on any atom is 0.358 e. The second-order valence-electron chi connectivity index (χ2n) is 13.9. The van der Waals surface area contributed by atoms with Crippen LogP contribution in [0.3, 0.4) is 0 Å². The lowest BCUT2D eigenvalue weighted by molar-refractivity contribution is -0.161. The maximum absolute atomic E-state index is 12.6. The molecule has 0 bridgehead atoms. The second-order valence-corrected chi connectivity index (χ2v) is 15.9. The van der Waals surface area contributed by atoms with Gasteiger partial charge < -0.3 is 33.8 Å². The van der Waals surface area contributed by atoms with Crippen LogP contribution >= 0.6 is 7.60 Å². The molecule has 0 amide bonds. The van der Waals surface area contributed by atoms with Crippen molar-refractivity contribution >= 4 is 19.5 Å². The van der Waals surface area contributed by atoms with Crippen molar-refractivity contribution in [2.75, 3.05) is 33.0 Å². The lowest BCUT2D eigenvalue weighted by Crippen LogP contribution is -2.30. The van der Waals surface area contributed by atoms with Gasteiger partial charge in [0.25, 0.3) is 0 Å². The van der Waals surface area contributed by atoms with Crippen molar-refractivity contribution in [1.82, 2.24) is 0 Å². The largest absolute Gasteiger partial charge is 0.462 e. The summed E-state index contributed by atoms with van der Waals surface area (Å²) in [6.45, 7) is 2.73. The third-order valence-corrected chi connectivity index (χ3v) is 10.4. The van der Waals surface area contributed by atoms with Crippen molar-refractivity contribution < 1.29 is 48.0 Å². The third-order valence-electron chi connectivity index (χ3n) is 9.02. The van der Waals surface area contributed by atoms with Gasteiger partial charge in [-0.25, -0.2) is 0 Å². The Balaban J connectivity index is 4.39. The fourth-order valence-corrected chi connectivity index (χ4v) is 6.66. The number of aliphatic hydroxyl groups excluding tert-OH is 2. The first-order valence-corrected chi connectivity index (χ1v) is 22.1. The summed E-state index contributed by atoms with van der Waals surface area (Å²) in [4.78, 5) is 35.2. The molecule has 0 aliphatic heterocycles. The molecule has 0 rings (SSSR count). The zero-order valence-corrected chi connectivity index (χ0v) is 33.0. The van der Waals surface area contributed by atoms with Gasteiger partial charge >= 0.3 is 19.5 Å². The van der Waals surface area contributed by atoms with Gasteiger partial charge in [-0.2, -0.15) is 0 Å². The van der Waals surface area contributed by atoms with Crippen LogP contribution < -0.4 is 0 Å². The van der Waals surface area contributed by atoms with Crippen LogP contribution in [0, 0.1) is 0 Å². The van der Waals surface area contributed by atoms with E-state index in [0.717, 1.165) is 38.5 Å². The minimum Gasteiger partial charge on any atom is -0.462 e. The summed E-state index contributed by atoms with van der Waals surface area (Å²) in [5.74, 6) is -2.75. The number of ether oxygens (including phenoxy) is 3. The fourth-order valence-electron chi connectivity index (χ4n) is 5.82. The summed E-state index contributed by atoms with van der Waals surface area (Å²) in [7, 11) is -4.55. The molecule has 0 fully saturated rings. The van der Waals surface area contributed by atoms with Gasteiger partial charge in [-0.15, -0.1) is 0 Å². The molecule has 50 heavy (non-hydrogen) atoms. The van der Waals surface area contributed by atoms with Crippen LogP contribution in [0.5, 0.6) is 0 Å². The van der Waals surface area contributed by atoms with E-state index in [2.05, 4.69) is 13.8 Å². The monoisotopic (exact) mass is 737 g/mol. The number of hydrogen-bond acceptors (Lipinski definition) is 9. The predicted molar refractivity (Wildman–Crippen MR) is 201 cm³/mol. The third kappa shape index (κ3) is 32.8. The van der Waals surface area contributed by atoms with E-state index in [1.54, 1.807) is 0 Å². The van der Waals surface area contributed by atoms with Crippen LogP contribution in [-0.4, -0.2) is 72.0 Å². The highest BCUT2D eigenvalue weighted by Gasteiger charge is 2.33. The number of unbranched alkanes of at least 4 members (excludes halogenated alkanes) is 24. The summed E-state index contributed by atoms with van der Waals surface area (Å²) in [6.07, 6.45) is 30.5. The van der Waals surface area contributed by atoms with Crippen LogP contribution in [0.4, 0.5) is 0 Å². The van der Waals surface area contributed by atoms with E-state index in [9.17, 15) is 24.2 Å². The van der Waals surface area contributed by atoms with Crippen LogP contribution in [0.15, 0.2) is 0 Å². The second kappa shape index (κ2) is 36.3. The molecule has 298 valence electrons. The number of rotatable bonds is 39. The van der Waals surface area contributed by atoms with E-state index in [4.69, 9.17) is 23.8 Å². The smallest absolute Gasteiger partial charge is 0.358 e. The van der Waals surface area contributed by atoms with Gasteiger partial charge in [0.2, 0.25) is 0 Å². The SMILES string of the molecule is CCCCCCCCCCCCCCCC(=O)OC[C@H](COP(=O)(O)C(O)COCCO)OC(=O)CCCCCCCCCCCCCCC. The number of carbonyl (C=O) groups is 2. The van der Waals surface area contributed by atoms with E-state index in [1.165, 1.54) is 116 Å². The average molecular weight is 737 g/mol. The molecule has 0 radical (unpaired) electrons.